The summed E-state index contributed by atoms with van der Waals surface area (Å²) >= 11 is 1.80. The summed E-state index contributed by atoms with van der Waals surface area (Å²) in [5.41, 5.74) is 1.01. The zero-order valence-electron chi connectivity index (χ0n) is 12.3. The van der Waals surface area contributed by atoms with Crippen molar-refractivity contribution in [3.63, 3.8) is 0 Å². The molecule has 0 amide bonds. The van der Waals surface area contributed by atoms with Crippen LogP contribution in [0.3, 0.4) is 0 Å². The quantitative estimate of drug-likeness (QED) is 0.889. The van der Waals surface area contributed by atoms with Crippen LogP contribution in [0.4, 0.5) is 0 Å². The van der Waals surface area contributed by atoms with Gasteiger partial charge in [0.1, 0.15) is 0 Å². The van der Waals surface area contributed by atoms with Gasteiger partial charge < -0.3 is 5.32 Å². The molecule has 0 radical (unpaired) electrons. The third-order valence-corrected chi connectivity index (χ3v) is 5.14. The Kier molecular flexibility index (Phi) is 4.87. The van der Waals surface area contributed by atoms with Crippen molar-refractivity contribution in [1.29, 1.82) is 0 Å². The first-order valence-electron chi connectivity index (χ1n) is 7.62. The summed E-state index contributed by atoms with van der Waals surface area (Å²) in [6, 6.07) is 10.7. The monoisotopic (exact) mass is 303 g/mol. The van der Waals surface area contributed by atoms with Gasteiger partial charge >= 0.3 is 0 Å². The van der Waals surface area contributed by atoms with Crippen LogP contribution in [0, 0.1) is 0 Å². The van der Waals surface area contributed by atoms with Gasteiger partial charge in [-0.2, -0.15) is 4.68 Å². The molecule has 1 saturated carbocycles. The fourth-order valence-electron chi connectivity index (χ4n) is 2.75. The Hall–Kier alpha value is -1.40. The Morgan fingerprint density at radius 2 is 2.14 bits per heavy atom. The van der Waals surface area contributed by atoms with Gasteiger partial charge in [-0.15, -0.1) is 5.10 Å². The zero-order chi connectivity index (χ0) is 14.5. The van der Waals surface area contributed by atoms with E-state index in [4.69, 9.17) is 0 Å². The van der Waals surface area contributed by atoms with E-state index in [0.717, 1.165) is 17.4 Å². The average molecular weight is 303 g/mol. The number of nitrogens with one attached hydrogen (secondary N) is 1. The van der Waals surface area contributed by atoms with Crippen molar-refractivity contribution in [3.8, 4) is 5.69 Å². The second-order valence-corrected chi connectivity index (χ2v) is 6.56. The first-order valence-corrected chi connectivity index (χ1v) is 8.50. The lowest BCUT2D eigenvalue weighted by Gasteiger charge is -2.19. The fourth-order valence-corrected chi connectivity index (χ4v) is 4.03. The molecule has 1 aromatic carbocycles. The van der Waals surface area contributed by atoms with Crippen LogP contribution in [0.15, 0.2) is 35.5 Å². The van der Waals surface area contributed by atoms with Crippen LogP contribution in [0.2, 0.25) is 0 Å². The highest BCUT2D eigenvalue weighted by atomic mass is 32.2. The smallest absolute Gasteiger partial charge is 0.214 e. The standard InChI is InChI=1S/C15H21N5S/c1-2-11-16-13-9-6-10-14(13)21-15-17-18-19-20(15)12-7-4-3-5-8-12/h3-5,7-8,13-14,16H,2,6,9-11H2,1H3. The maximum atomic E-state index is 4.21. The van der Waals surface area contributed by atoms with Crippen LogP contribution in [0.5, 0.6) is 0 Å². The molecule has 1 aliphatic carbocycles. The number of hydrogen-bond donors (Lipinski definition) is 1. The molecule has 2 aromatic rings. The van der Waals surface area contributed by atoms with Gasteiger partial charge in [-0.05, 0) is 48.4 Å². The highest BCUT2D eigenvalue weighted by Gasteiger charge is 2.29. The minimum atomic E-state index is 0.560. The molecule has 21 heavy (non-hydrogen) atoms. The van der Waals surface area contributed by atoms with Crippen molar-refractivity contribution < 1.29 is 0 Å². The van der Waals surface area contributed by atoms with E-state index in [1.807, 2.05) is 35.0 Å². The molecule has 1 aliphatic rings. The molecular weight excluding hydrogens is 282 g/mol. The summed E-state index contributed by atoms with van der Waals surface area (Å²) in [7, 11) is 0. The molecule has 0 bridgehead atoms. The Morgan fingerprint density at radius 3 is 2.95 bits per heavy atom. The van der Waals surface area contributed by atoms with Crippen LogP contribution in [-0.2, 0) is 0 Å². The molecule has 0 aliphatic heterocycles. The van der Waals surface area contributed by atoms with Gasteiger partial charge in [-0.1, -0.05) is 43.3 Å². The number of tetrazole rings is 1. The van der Waals surface area contributed by atoms with Gasteiger partial charge in [0.2, 0.25) is 5.16 Å². The summed E-state index contributed by atoms with van der Waals surface area (Å²) < 4.78 is 1.83. The van der Waals surface area contributed by atoms with E-state index in [1.165, 1.54) is 25.7 Å². The van der Waals surface area contributed by atoms with Crippen molar-refractivity contribution in [1.82, 2.24) is 25.5 Å². The normalized spacial score (nSPS) is 21.8. The number of hydrogen-bond acceptors (Lipinski definition) is 5. The fraction of sp³-hybridized carbons (Fsp3) is 0.533. The molecule has 1 N–H and O–H groups in total. The van der Waals surface area contributed by atoms with E-state index >= 15 is 0 Å². The van der Waals surface area contributed by atoms with Crippen molar-refractivity contribution in [2.24, 2.45) is 0 Å². The molecule has 1 heterocycles. The molecule has 0 spiro atoms. The van der Waals surface area contributed by atoms with Crippen molar-refractivity contribution in [2.75, 3.05) is 6.54 Å². The number of thioether (sulfide) groups is 1. The van der Waals surface area contributed by atoms with Gasteiger partial charge in [-0.25, -0.2) is 0 Å². The molecule has 2 unspecified atom stereocenters. The molecule has 3 rings (SSSR count). The Bertz CT molecular complexity index is 556. The lowest BCUT2D eigenvalue weighted by Crippen LogP contribution is -2.34. The van der Waals surface area contributed by atoms with E-state index in [0.29, 0.717) is 11.3 Å². The third-order valence-electron chi connectivity index (χ3n) is 3.81. The van der Waals surface area contributed by atoms with E-state index in [1.54, 1.807) is 11.8 Å². The summed E-state index contributed by atoms with van der Waals surface area (Å²) in [5.74, 6) is 0. The molecule has 1 fully saturated rings. The lowest BCUT2D eigenvalue weighted by atomic mass is 10.2. The van der Waals surface area contributed by atoms with Gasteiger partial charge in [-0.3, -0.25) is 0 Å². The molecule has 6 heteroatoms. The summed E-state index contributed by atoms with van der Waals surface area (Å²) in [4.78, 5) is 0. The highest BCUT2D eigenvalue weighted by Crippen LogP contribution is 2.34. The Balaban J connectivity index is 1.72. The largest absolute Gasteiger partial charge is 0.313 e. The SMILES string of the molecule is CCCNC1CCCC1Sc1nnnn1-c1ccccc1. The van der Waals surface area contributed by atoms with Gasteiger partial charge in [0, 0.05) is 11.3 Å². The summed E-state index contributed by atoms with van der Waals surface area (Å²) in [6.07, 6.45) is 4.94. The maximum absolute atomic E-state index is 4.21. The molecule has 112 valence electrons. The minimum Gasteiger partial charge on any atom is -0.313 e. The maximum Gasteiger partial charge on any atom is 0.214 e. The second-order valence-electron chi connectivity index (χ2n) is 5.36. The first-order chi connectivity index (χ1) is 10.4. The van der Waals surface area contributed by atoms with Crippen molar-refractivity contribution in [2.45, 2.75) is 49.1 Å². The number of rotatable bonds is 6. The zero-order valence-corrected chi connectivity index (χ0v) is 13.1. The predicted molar refractivity (Wildman–Crippen MR) is 84.7 cm³/mol. The van der Waals surface area contributed by atoms with Crippen LogP contribution in [0.1, 0.15) is 32.6 Å². The Labute approximate surface area is 129 Å². The average Bonchev–Trinajstić information content (AvgIpc) is 3.16. The van der Waals surface area contributed by atoms with Crippen LogP contribution < -0.4 is 5.32 Å². The van der Waals surface area contributed by atoms with Crippen LogP contribution in [0.25, 0.3) is 5.69 Å². The number of para-hydroxylation sites is 1. The molecule has 1 aromatic heterocycles. The number of nitrogens with zero attached hydrogens (tertiary/aromatic N) is 4. The van der Waals surface area contributed by atoms with Crippen molar-refractivity contribution >= 4 is 11.8 Å². The summed E-state index contributed by atoms with van der Waals surface area (Å²) in [6.45, 7) is 3.30. The molecule has 0 saturated heterocycles. The molecule has 5 nitrogen and oxygen atoms in total. The second kappa shape index (κ2) is 7.04. The molecular formula is C15H21N5S. The van der Waals surface area contributed by atoms with Gasteiger partial charge in [0.25, 0.3) is 0 Å². The molecule has 2 atom stereocenters. The van der Waals surface area contributed by atoms with Gasteiger partial charge in [0.05, 0.1) is 5.69 Å². The number of benzene rings is 1. The minimum absolute atomic E-state index is 0.560. The predicted octanol–water partition coefficient (Wildman–Crippen LogP) is 2.68. The van der Waals surface area contributed by atoms with E-state index in [2.05, 4.69) is 27.8 Å². The topological polar surface area (TPSA) is 55.6 Å². The van der Waals surface area contributed by atoms with Crippen molar-refractivity contribution in [3.05, 3.63) is 30.3 Å². The summed E-state index contributed by atoms with van der Waals surface area (Å²) in [5, 5.41) is 17.3. The van der Waals surface area contributed by atoms with Crippen LogP contribution in [-0.4, -0.2) is 38.0 Å². The third kappa shape index (κ3) is 3.44. The van der Waals surface area contributed by atoms with E-state index in [-0.39, 0.29) is 0 Å². The number of aromatic nitrogens is 4. The highest BCUT2D eigenvalue weighted by molar-refractivity contribution is 7.99. The Morgan fingerprint density at radius 1 is 1.29 bits per heavy atom. The van der Waals surface area contributed by atoms with Crippen LogP contribution >= 0.6 is 11.8 Å². The first kappa shape index (κ1) is 14.5. The van der Waals surface area contributed by atoms with Gasteiger partial charge in [0.15, 0.2) is 0 Å². The van der Waals surface area contributed by atoms with E-state index < -0.39 is 0 Å². The van der Waals surface area contributed by atoms with E-state index in [9.17, 15) is 0 Å². The lowest BCUT2D eigenvalue weighted by molar-refractivity contribution is 0.530.